The molecule has 1 aromatic heterocycles. The number of piperazine rings is 1. The Kier molecular flexibility index (Phi) is 3.95. The molecule has 2 aromatic rings. The Morgan fingerprint density at radius 2 is 2.12 bits per heavy atom. The zero-order valence-electron chi connectivity index (χ0n) is 14.2. The van der Waals surface area contributed by atoms with Gasteiger partial charge in [-0.3, -0.25) is 14.6 Å². The Bertz CT molecular complexity index is 816. The summed E-state index contributed by atoms with van der Waals surface area (Å²) in [5.74, 6) is 0. The van der Waals surface area contributed by atoms with E-state index < -0.39 is 0 Å². The monoisotopic (exact) mass is 328 g/mol. The van der Waals surface area contributed by atoms with Crippen LogP contribution in [0.3, 0.4) is 0 Å². The van der Waals surface area contributed by atoms with E-state index in [1.54, 1.807) is 6.26 Å². The van der Waals surface area contributed by atoms with Gasteiger partial charge in [0.2, 0.25) is 0 Å². The van der Waals surface area contributed by atoms with Crippen molar-refractivity contribution in [1.82, 2.24) is 9.80 Å². The molecular weight excluding hydrogens is 304 g/mol. The molecule has 1 aromatic carbocycles. The van der Waals surface area contributed by atoms with E-state index in [0.29, 0.717) is 35.2 Å². The number of nitrogens with zero attached hydrogens (tertiary/aromatic N) is 2. The van der Waals surface area contributed by atoms with Crippen LogP contribution < -0.4 is 5.43 Å². The third kappa shape index (κ3) is 2.77. The third-order valence-electron chi connectivity index (χ3n) is 5.45. The summed E-state index contributed by atoms with van der Waals surface area (Å²) >= 11 is 0. The van der Waals surface area contributed by atoms with Crippen LogP contribution in [0.2, 0.25) is 0 Å². The highest BCUT2D eigenvalue weighted by Gasteiger charge is 2.38. The molecule has 24 heavy (non-hydrogen) atoms. The Morgan fingerprint density at radius 3 is 2.96 bits per heavy atom. The fourth-order valence-electron chi connectivity index (χ4n) is 4.11. The molecule has 2 saturated heterocycles. The van der Waals surface area contributed by atoms with Crippen LogP contribution in [0.1, 0.15) is 24.5 Å². The highest BCUT2D eigenvalue weighted by atomic mass is 16.3. The van der Waals surface area contributed by atoms with Crippen LogP contribution in [0.25, 0.3) is 11.0 Å². The minimum Gasteiger partial charge on any atom is -0.464 e. The van der Waals surface area contributed by atoms with E-state index in [0.717, 1.165) is 31.6 Å². The first-order chi connectivity index (χ1) is 11.5. The SMILES string of the molecule is Cc1ccc2occ(CN3CC4C[C@@H](O)CN4C[C@H]3C)c(=O)c2c1. The van der Waals surface area contributed by atoms with Gasteiger partial charge in [-0.05, 0) is 32.4 Å². The average molecular weight is 328 g/mol. The van der Waals surface area contributed by atoms with Gasteiger partial charge in [0.05, 0.1) is 17.8 Å². The molecule has 4 rings (SSSR count). The van der Waals surface area contributed by atoms with Crippen molar-refractivity contribution in [2.24, 2.45) is 0 Å². The van der Waals surface area contributed by atoms with E-state index in [9.17, 15) is 9.90 Å². The number of aliphatic hydroxyl groups is 1. The molecule has 2 aliphatic rings. The first-order valence-electron chi connectivity index (χ1n) is 8.68. The minimum atomic E-state index is -0.212. The summed E-state index contributed by atoms with van der Waals surface area (Å²) < 4.78 is 5.68. The Balaban J connectivity index is 1.60. The van der Waals surface area contributed by atoms with Crippen LogP contribution in [0.15, 0.2) is 33.7 Å². The zero-order chi connectivity index (χ0) is 16.8. The molecule has 0 radical (unpaired) electrons. The summed E-state index contributed by atoms with van der Waals surface area (Å²) in [5.41, 5.74) is 2.49. The molecule has 2 fully saturated rings. The van der Waals surface area contributed by atoms with Crippen LogP contribution >= 0.6 is 0 Å². The van der Waals surface area contributed by atoms with Crippen molar-refractivity contribution >= 4 is 11.0 Å². The van der Waals surface area contributed by atoms with E-state index >= 15 is 0 Å². The Morgan fingerprint density at radius 1 is 1.29 bits per heavy atom. The average Bonchev–Trinajstić information content (AvgIpc) is 2.89. The quantitative estimate of drug-likeness (QED) is 0.910. The Labute approximate surface area is 141 Å². The topological polar surface area (TPSA) is 56.9 Å². The number of rotatable bonds is 2. The van der Waals surface area contributed by atoms with Crippen LogP contribution in [0.5, 0.6) is 0 Å². The van der Waals surface area contributed by atoms with E-state index in [2.05, 4.69) is 16.7 Å². The lowest BCUT2D eigenvalue weighted by molar-refractivity contribution is 0.0523. The second kappa shape index (κ2) is 5.99. The standard InChI is InChI=1S/C19H24N2O3/c1-12-3-4-18-17(5-12)19(23)14(11-24-18)8-20-9-15-6-16(22)10-21(15)7-13(20)2/h3-5,11,13,15-16,22H,6-10H2,1-2H3/t13-,15?,16-/m1/s1. The maximum Gasteiger partial charge on any atom is 0.197 e. The first kappa shape index (κ1) is 15.8. The number of benzene rings is 1. The molecule has 2 aliphatic heterocycles. The summed E-state index contributed by atoms with van der Waals surface area (Å²) in [5, 5.41) is 10.5. The van der Waals surface area contributed by atoms with E-state index in [1.807, 2.05) is 25.1 Å². The van der Waals surface area contributed by atoms with E-state index in [1.165, 1.54) is 0 Å². The number of aryl methyl sites for hydroxylation is 1. The second-order valence-corrected chi connectivity index (χ2v) is 7.37. The number of aliphatic hydroxyl groups excluding tert-OH is 1. The van der Waals surface area contributed by atoms with Gasteiger partial charge in [0, 0.05) is 43.8 Å². The number of fused-ring (bicyclic) bond motifs is 2. The molecule has 0 amide bonds. The first-order valence-corrected chi connectivity index (χ1v) is 8.68. The lowest BCUT2D eigenvalue weighted by Crippen LogP contribution is -2.54. The van der Waals surface area contributed by atoms with Crippen LogP contribution in [0, 0.1) is 6.92 Å². The molecular formula is C19H24N2O3. The smallest absolute Gasteiger partial charge is 0.197 e. The maximum absolute atomic E-state index is 12.8. The van der Waals surface area contributed by atoms with E-state index in [-0.39, 0.29) is 11.5 Å². The largest absolute Gasteiger partial charge is 0.464 e. The zero-order valence-corrected chi connectivity index (χ0v) is 14.2. The highest BCUT2D eigenvalue weighted by Crippen LogP contribution is 2.26. The van der Waals surface area contributed by atoms with Gasteiger partial charge in [0.1, 0.15) is 5.58 Å². The molecule has 1 unspecified atom stereocenters. The highest BCUT2D eigenvalue weighted by molar-refractivity contribution is 5.77. The predicted molar refractivity (Wildman–Crippen MR) is 93.1 cm³/mol. The van der Waals surface area contributed by atoms with Crippen LogP contribution in [-0.2, 0) is 6.54 Å². The normalized spacial score (nSPS) is 28.4. The lowest BCUT2D eigenvalue weighted by atomic mass is 10.1. The van der Waals surface area contributed by atoms with Crippen molar-refractivity contribution < 1.29 is 9.52 Å². The van der Waals surface area contributed by atoms with Gasteiger partial charge in [-0.2, -0.15) is 0 Å². The molecule has 128 valence electrons. The van der Waals surface area contributed by atoms with Gasteiger partial charge in [0.25, 0.3) is 0 Å². The summed E-state index contributed by atoms with van der Waals surface area (Å²) in [6.07, 6.45) is 2.23. The molecule has 3 heterocycles. The predicted octanol–water partition coefficient (Wildman–Crippen LogP) is 1.74. The van der Waals surface area contributed by atoms with Crippen molar-refractivity contribution in [2.45, 2.75) is 45.0 Å². The summed E-state index contributed by atoms with van der Waals surface area (Å²) in [4.78, 5) is 17.5. The maximum atomic E-state index is 12.8. The van der Waals surface area contributed by atoms with Crippen molar-refractivity contribution in [2.75, 3.05) is 19.6 Å². The fourth-order valence-corrected chi connectivity index (χ4v) is 4.11. The van der Waals surface area contributed by atoms with Gasteiger partial charge >= 0.3 is 0 Å². The lowest BCUT2D eigenvalue weighted by Gasteiger charge is -2.42. The number of hydrogen-bond acceptors (Lipinski definition) is 5. The van der Waals surface area contributed by atoms with Gasteiger partial charge < -0.3 is 9.52 Å². The second-order valence-electron chi connectivity index (χ2n) is 7.37. The number of hydrogen-bond donors (Lipinski definition) is 1. The molecule has 0 spiro atoms. The molecule has 1 N–H and O–H groups in total. The van der Waals surface area contributed by atoms with Crippen molar-refractivity contribution in [3.05, 3.63) is 45.8 Å². The molecule has 0 saturated carbocycles. The van der Waals surface area contributed by atoms with Gasteiger partial charge in [-0.1, -0.05) is 11.6 Å². The van der Waals surface area contributed by atoms with Gasteiger partial charge in [-0.15, -0.1) is 0 Å². The van der Waals surface area contributed by atoms with Crippen molar-refractivity contribution in [1.29, 1.82) is 0 Å². The summed E-state index contributed by atoms with van der Waals surface area (Å²) in [6, 6.07) is 6.47. The molecule has 3 atom stereocenters. The molecule has 5 heteroatoms. The fraction of sp³-hybridized carbons (Fsp3) is 0.526. The van der Waals surface area contributed by atoms with Crippen molar-refractivity contribution in [3.8, 4) is 0 Å². The van der Waals surface area contributed by atoms with Crippen LogP contribution in [-0.4, -0.2) is 52.7 Å². The van der Waals surface area contributed by atoms with Crippen molar-refractivity contribution in [3.63, 3.8) is 0 Å². The molecule has 0 aliphatic carbocycles. The third-order valence-corrected chi connectivity index (χ3v) is 5.45. The van der Waals surface area contributed by atoms with Crippen LogP contribution in [0.4, 0.5) is 0 Å². The minimum absolute atomic E-state index is 0.0704. The van der Waals surface area contributed by atoms with Gasteiger partial charge in [-0.25, -0.2) is 0 Å². The molecule has 5 nitrogen and oxygen atoms in total. The van der Waals surface area contributed by atoms with Gasteiger partial charge in [0.15, 0.2) is 5.43 Å². The Hall–Kier alpha value is -1.69. The van der Waals surface area contributed by atoms with E-state index in [4.69, 9.17) is 4.42 Å². The summed E-state index contributed by atoms with van der Waals surface area (Å²) in [7, 11) is 0. The molecule has 0 bridgehead atoms. The summed E-state index contributed by atoms with van der Waals surface area (Å²) in [6.45, 7) is 7.39.